The van der Waals surface area contributed by atoms with Crippen LogP contribution in [0.2, 0.25) is 0 Å². The second-order valence-electron chi connectivity index (χ2n) is 5.42. The summed E-state index contributed by atoms with van der Waals surface area (Å²) < 4.78 is 28.0. The first-order valence-corrected chi connectivity index (χ1v) is 7.77. The van der Waals surface area contributed by atoms with Crippen LogP contribution in [0.25, 0.3) is 0 Å². The van der Waals surface area contributed by atoms with E-state index in [1.807, 2.05) is 20.8 Å². The highest BCUT2D eigenvalue weighted by molar-refractivity contribution is 7.89. The van der Waals surface area contributed by atoms with Gasteiger partial charge in [0.2, 0.25) is 0 Å². The molecule has 0 spiro atoms. The predicted molar refractivity (Wildman–Crippen MR) is 72.3 cm³/mol. The van der Waals surface area contributed by atoms with E-state index in [2.05, 4.69) is 0 Å². The maximum absolute atomic E-state index is 11.2. The molecule has 0 heterocycles. The minimum absolute atomic E-state index is 0.0314. The van der Waals surface area contributed by atoms with E-state index in [-0.39, 0.29) is 17.1 Å². The number of rotatable bonds is 4. The van der Waals surface area contributed by atoms with Crippen molar-refractivity contribution in [1.29, 1.82) is 0 Å². The van der Waals surface area contributed by atoms with Gasteiger partial charge >= 0.3 is 5.97 Å². The topological polar surface area (TPSA) is 80.7 Å². The van der Waals surface area contributed by atoms with Gasteiger partial charge in [-0.05, 0) is 38.5 Å². The summed E-state index contributed by atoms with van der Waals surface area (Å²) in [7, 11) is -3.20. The molecule has 0 amide bonds. The number of sulfone groups is 1. The maximum Gasteiger partial charge on any atom is 0.339 e. The molecule has 0 saturated heterocycles. The van der Waals surface area contributed by atoms with Crippen molar-refractivity contribution in [2.45, 2.75) is 32.1 Å². The van der Waals surface area contributed by atoms with Crippen molar-refractivity contribution >= 4 is 15.8 Å². The first-order valence-electron chi connectivity index (χ1n) is 5.71. The van der Waals surface area contributed by atoms with Gasteiger partial charge in [0.05, 0.1) is 5.75 Å². The number of aromatic carboxylic acids is 1. The Labute approximate surface area is 113 Å². The van der Waals surface area contributed by atoms with Crippen LogP contribution in [0.5, 0.6) is 5.75 Å². The predicted octanol–water partition coefficient (Wildman–Crippen LogP) is 2.11. The Morgan fingerprint density at radius 2 is 1.89 bits per heavy atom. The molecule has 0 bridgehead atoms. The number of benzene rings is 1. The second-order valence-corrected chi connectivity index (χ2v) is 7.56. The first-order chi connectivity index (χ1) is 8.48. The van der Waals surface area contributed by atoms with Crippen molar-refractivity contribution < 1.29 is 23.1 Å². The lowest BCUT2D eigenvalue weighted by Crippen LogP contribution is -2.24. The zero-order chi connectivity index (χ0) is 14.8. The lowest BCUT2D eigenvalue weighted by Gasteiger charge is -2.22. The van der Waals surface area contributed by atoms with E-state index in [1.165, 1.54) is 12.1 Å². The molecule has 19 heavy (non-hydrogen) atoms. The Bertz CT molecular complexity index is 582. The highest BCUT2D eigenvalue weighted by Crippen LogP contribution is 2.25. The normalized spacial score (nSPS) is 12.2. The Hall–Kier alpha value is -1.56. The van der Waals surface area contributed by atoms with E-state index >= 15 is 0 Å². The van der Waals surface area contributed by atoms with Gasteiger partial charge in [0, 0.05) is 6.26 Å². The van der Waals surface area contributed by atoms with Gasteiger partial charge in [-0.1, -0.05) is 6.07 Å². The van der Waals surface area contributed by atoms with Gasteiger partial charge in [-0.15, -0.1) is 0 Å². The highest BCUT2D eigenvalue weighted by Gasteiger charge is 2.19. The van der Waals surface area contributed by atoms with E-state index in [9.17, 15) is 13.2 Å². The van der Waals surface area contributed by atoms with Crippen LogP contribution >= 0.6 is 0 Å². The zero-order valence-corrected chi connectivity index (χ0v) is 12.2. The fraction of sp³-hybridized carbons (Fsp3) is 0.462. The third kappa shape index (κ3) is 5.30. The molecule has 1 aromatic rings. The number of carbonyl (C=O) groups is 1. The van der Waals surface area contributed by atoms with Gasteiger partial charge < -0.3 is 9.84 Å². The molecule has 1 rings (SSSR count). The molecule has 1 aromatic carbocycles. The summed E-state index contributed by atoms with van der Waals surface area (Å²) in [5.41, 5.74) is -0.125. The molecule has 5 nitrogen and oxygen atoms in total. The summed E-state index contributed by atoms with van der Waals surface area (Å²) in [6, 6.07) is 4.40. The van der Waals surface area contributed by atoms with Crippen LogP contribution in [0.4, 0.5) is 0 Å². The van der Waals surface area contributed by atoms with E-state index in [1.54, 1.807) is 6.07 Å². The molecule has 6 heteroatoms. The lowest BCUT2D eigenvalue weighted by atomic mass is 10.1. The van der Waals surface area contributed by atoms with Crippen molar-refractivity contribution in [2.75, 3.05) is 6.26 Å². The quantitative estimate of drug-likeness (QED) is 0.916. The third-order valence-electron chi connectivity index (χ3n) is 2.12. The van der Waals surface area contributed by atoms with Crippen molar-refractivity contribution in [3.63, 3.8) is 0 Å². The van der Waals surface area contributed by atoms with Crippen molar-refractivity contribution in [1.82, 2.24) is 0 Å². The van der Waals surface area contributed by atoms with Crippen LogP contribution in [0, 0.1) is 0 Å². The average Bonchev–Trinajstić information content (AvgIpc) is 2.15. The summed E-state index contributed by atoms with van der Waals surface area (Å²) in [4.78, 5) is 11.2. The zero-order valence-electron chi connectivity index (χ0n) is 11.4. The van der Waals surface area contributed by atoms with Gasteiger partial charge in [-0.2, -0.15) is 0 Å². The number of carboxylic acids is 1. The lowest BCUT2D eigenvalue weighted by molar-refractivity contribution is 0.0681. The van der Waals surface area contributed by atoms with E-state index in [0.717, 1.165) is 6.26 Å². The SMILES string of the molecule is CC(C)(C)Oc1ccc(CS(C)(=O)=O)cc1C(=O)O. The average molecular weight is 286 g/mol. The van der Waals surface area contributed by atoms with Crippen LogP contribution < -0.4 is 4.74 Å². The Morgan fingerprint density at radius 3 is 2.32 bits per heavy atom. The summed E-state index contributed by atoms with van der Waals surface area (Å²) in [5.74, 6) is -1.10. The largest absolute Gasteiger partial charge is 0.487 e. The molecule has 106 valence electrons. The summed E-state index contributed by atoms with van der Waals surface area (Å²) in [6.45, 7) is 5.43. The molecule has 0 aliphatic carbocycles. The van der Waals surface area contributed by atoms with Crippen molar-refractivity contribution in [3.8, 4) is 5.75 Å². The molecule has 0 atom stereocenters. The Kier molecular flexibility index (Phi) is 4.25. The minimum atomic E-state index is -3.20. The molecule has 0 unspecified atom stereocenters. The van der Waals surface area contributed by atoms with Crippen LogP contribution in [0.15, 0.2) is 18.2 Å². The molecular weight excluding hydrogens is 268 g/mol. The molecule has 1 N–H and O–H groups in total. The fourth-order valence-corrected chi connectivity index (χ4v) is 2.34. The van der Waals surface area contributed by atoms with E-state index in [4.69, 9.17) is 9.84 Å². The van der Waals surface area contributed by atoms with Gasteiger partial charge in [-0.25, -0.2) is 13.2 Å². The fourth-order valence-electron chi connectivity index (χ4n) is 1.56. The van der Waals surface area contributed by atoms with Crippen LogP contribution in [0.1, 0.15) is 36.7 Å². The van der Waals surface area contributed by atoms with Crippen LogP contribution in [-0.2, 0) is 15.6 Å². The minimum Gasteiger partial charge on any atom is -0.487 e. The summed E-state index contributed by atoms with van der Waals surface area (Å²) >= 11 is 0. The Balaban J connectivity index is 3.19. The maximum atomic E-state index is 11.2. The molecule has 0 radical (unpaired) electrons. The standard InChI is InChI=1S/C13H18O5S/c1-13(2,3)18-11-6-5-9(8-19(4,16)17)7-10(11)12(14)15/h5-7H,8H2,1-4H3,(H,14,15). The number of hydrogen-bond acceptors (Lipinski definition) is 4. The highest BCUT2D eigenvalue weighted by atomic mass is 32.2. The molecule has 0 aliphatic heterocycles. The van der Waals surface area contributed by atoms with Gasteiger partial charge in [-0.3, -0.25) is 0 Å². The second kappa shape index (κ2) is 5.21. The molecular formula is C13H18O5S. The number of hydrogen-bond donors (Lipinski definition) is 1. The first kappa shape index (κ1) is 15.5. The Morgan fingerprint density at radius 1 is 1.32 bits per heavy atom. The summed E-state index contributed by atoms with van der Waals surface area (Å²) in [5, 5.41) is 9.16. The third-order valence-corrected chi connectivity index (χ3v) is 2.98. The van der Waals surface area contributed by atoms with Gasteiger partial charge in [0.1, 0.15) is 16.9 Å². The van der Waals surface area contributed by atoms with Crippen LogP contribution in [-0.4, -0.2) is 31.4 Å². The van der Waals surface area contributed by atoms with E-state index < -0.39 is 21.4 Å². The van der Waals surface area contributed by atoms with Crippen LogP contribution in [0.3, 0.4) is 0 Å². The van der Waals surface area contributed by atoms with Crippen molar-refractivity contribution in [2.24, 2.45) is 0 Å². The monoisotopic (exact) mass is 286 g/mol. The molecule has 0 aromatic heterocycles. The molecule has 0 saturated carbocycles. The smallest absolute Gasteiger partial charge is 0.339 e. The van der Waals surface area contributed by atoms with Gasteiger partial charge in [0.15, 0.2) is 9.84 Å². The molecule has 0 aliphatic rings. The summed E-state index contributed by atoms with van der Waals surface area (Å²) in [6.07, 6.45) is 1.10. The van der Waals surface area contributed by atoms with E-state index in [0.29, 0.717) is 5.56 Å². The molecule has 0 fully saturated rings. The number of carboxylic acid groups (broad SMARTS) is 1. The van der Waals surface area contributed by atoms with Crippen molar-refractivity contribution in [3.05, 3.63) is 29.3 Å². The number of ether oxygens (including phenoxy) is 1. The van der Waals surface area contributed by atoms with Gasteiger partial charge in [0.25, 0.3) is 0 Å².